The number of hydrogen-bond acceptors (Lipinski definition) is 6. The van der Waals surface area contributed by atoms with E-state index in [9.17, 15) is 9.59 Å². The van der Waals surface area contributed by atoms with Gasteiger partial charge in [-0.2, -0.15) is 5.26 Å². The highest BCUT2D eigenvalue weighted by Crippen LogP contribution is 2.21. The Morgan fingerprint density at radius 3 is 2.63 bits per heavy atom. The van der Waals surface area contributed by atoms with Crippen molar-refractivity contribution in [2.45, 2.75) is 6.92 Å². The van der Waals surface area contributed by atoms with Crippen molar-refractivity contribution in [3.8, 4) is 17.6 Å². The number of ether oxygens (including phenoxy) is 3. The van der Waals surface area contributed by atoms with Crippen LogP contribution in [0.2, 0.25) is 5.02 Å². The first-order chi connectivity index (χ1) is 12.9. The Balaban J connectivity index is 2.01. The molecule has 138 valence electrons. The normalized spacial score (nSPS) is 10.7. The zero-order valence-electron chi connectivity index (χ0n) is 14.7. The predicted octanol–water partition coefficient (Wildman–Crippen LogP) is 3.71. The Hall–Kier alpha value is -3.30. The van der Waals surface area contributed by atoms with Crippen LogP contribution in [0.15, 0.2) is 48.0 Å². The van der Waals surface area contributed by atoms with Crippen LogP contribution in [0.25, 0.3) is 6.08 Å². The fourth-order valence-electron chi connectivity index (χ4n) is 2.09. The van der Waals surface area contributed by atoms with Gasteiger partial charge in [-0.05, 0) is 54.5 Å². The summed E-state index contributed by atoms with van der Waals surface area (Å²) in [4.78, 5) is 23.4. The zero-order chi connectivity index (χ0) is 19.8. The van der Waals surface area contributed by atoms with E-state index >= 15 is 0 Å². The van der Waals surface area contributed by atoms with Crippen molar-refractivity contribution in [2.24, 2.45) is 0 Å². The summed E-state index contributed by atoms with van der Waals surface area (Å²) in [5.74, 6) is -0.585. The van der Waals surface area contributed by atoms with Gasteiger partial charge in [-0.1, -0.05) is 23.7 Å². The SMILES string of the molecule is COC(=O)/C(C#N)=C/c1cccc(OC(=O)COc2ccc(Cl)c(C)c2)c1. The van der Waals surface area contributed by atoms with Crippen molar-refractivity contribution < 1.29 is 23.8 Å². The summed E-state index contributed by atoms with van der Waals surface area (Å²) in [6.45, 7) is 1.54. The number of benzene rings is 2. The van der Waals surface area contributed by atoms with Crippen LogP contribution in [0.5, 0.6) is 11.5 Å². The van der Waals surface area contributed by atoms with Crippen molar-refractivity contribution in [2.75, 3.05) is 13.7 Å². The van der Waals surface area contributed by atoms with Gasteiger partial charge < -0.3 is 14.2 Å². The van der Waals surface area contributed by atoms with E-state index in [2.05, 4.69) is 4.74 Å². The number of methoxy groups -OCH3 is 1. The number of halogens is 1. The second kappa shape index (κ2) is 9.41. The van der Waals surface area contributed by atoms with Crippen LogP contribution in [0.4, 0.5) is 0 Å². The van der Waals surface area contributed by atoms with Gasteiger partial charge in [-0.25, -0.2) is 9.59 Å². The average Bonchev–Trinajstić information content (AvgIpc) is 2.66. The molecule has 7 heteroatoms. The molecule has 27 heavy (non-hydrogen) atoms. The molecule has 0 atom stereocenters. The fourth-order valence-corrected chi connectivity index (χ4v) is 2.21. The molecule has 6 nitrogen and oxygen atoms in total. The van der Waals surface area contributed by atoms with E-state index in [4.69, 9.17) is 26.3 Å². The lowest BCUT2D eigenvalue weighted by Crippen LogP contribution is -2.17. The van der Waals surface area contributed by atoms with Crippen molar-refractivity contribution in [1.29, 1.82) is 5.26 Å². The molecule has 2 aromatic carbocycles. The van der Waals surface area contributed by atoms with Gasteiger partial charge >= 0.3 is 11.9 Å². The molecule has 0 bridgehead atoms. The summed E-state index contributed by atoms with van der Waals surface area (Å²) >= 11 is 5.94. The lowest BCUT2D eigenvalue weighted by Gasteiger charge is -2.08. The maximum atomic E-state index is 12.0. The van der Waals surface area contributed by atoms with Gasteiger partial charge in [0.25, 0.3) is 0 Å². The van der Waals surface area contributed by atoms with Gasteiger partial charge in [0.05, 0.1) is 7.11 Å². The Kier molecular flexibility index (Phi) is 6.98. The van der Waals surface area contributed by atoms with E-state index in [0.717, 1.165) is 5.56 Å². The number of aryl methyl sites for hydroxylation is 1. The molecule has 2 aromatic rings. The van der Waals surface area contributed by atoms with Crippen LogP contribution in [0.3, 0.4) is 0 Å². The second-order valence-electron chi connectivity index (χ2n) is 5.41. The third-order valence-electron chi connectivity index (χ3n) is 3.41. The van der Waals surface area contributed by atoms with Crippen molar-refractivity contribution >= 4 is 29.6 Å². The first-order valence-corrected chi connectivity index (χ1v) is 8.20. The smallest absolute Gasteiger partial charge is 0.349 e. The Bertz CT molecular complexity index is 930. The molecule has 2 rings (SSSR count). The third kappa shape index (κ3) is 5.87. The summed E-state index contributed by atoms with van der Waals surface area (Å²) in [5.41, 5.74) is 1.18. The minimum atomic E-state index is -0.744. The monoisotopic (exact) mass is 385 g/mol. The Labute approximate surface area is 161 Å². The minimum Gasteiger partial charge on any atom is -0.482 e. The molecule has 0 amide bonds. The fraction of sp³-hybridized carbons (Fsp3) is 0.150. The van der Waals surface area contributed by atoms with E-state index in [1.807, 2.05) is 6.92 Å². The van der Waals surface area contributed by atoms with E-state index in [1.54, 1.807) is 42.5 Å². The number of nitriles is 1. The van der Waals surface area contributed by atoms with Crippen molar-refractivity contribution in [1.82, 2.24) is 0 Å². The number of nitrogens with zero attached hydrogens (tertiary/aromatic N) is 1. The molecule has 0 aliphatic heterocycles. The molecule has 0 aliphatic rings. The zero-order valence-corrected chi connectivity index (χ0v) is 15.4. The van der Waals surface area contributed by atoms with Crippen LogP contribution in [-0.2, 0) is 14.3 Å². The molecule has 0 fully saturated rings. The topological polar surface area (TPSA) is 85.6 Å². The Morgan fingerprint density at radius 1 is 1.19 bits per heavy atom. The van der Waals surface area contributed by atoms with Gasteiger partial charge in [0.2, 0.25) is 0 Å². The van der Waals surface area contributed by atoms with Crippen LogP contribution in [0.1, 0.15) is 11.1 Å². The second-order valence-corrected chi connectivity index (χ2v) is 5.81. The molecule has 0 N–H and O–H groups in total. The minimum absolute atomic E-state index is 0.164. The van der Waals surface area contributed by atoms with Crippen LogP contribution in [-0.4, -0.2) is 25.7 Å². The highest BCUT2D eigenvalue weighted by Gasteiger charge is 2.10. The molecule has 0 heterocycles. The highest BCUT2D eigenvalue weighted by atomic mass is 35.5. The molecule has 0 saturated heterocycles. The molecule has 0 aliphatic carbocycles. The lowest BCUT2D eigenvalue weighted by atomic mass is 10.1. The van der Waals surface area contributed by atoms with E-state index < -0.39 is 11.9 Å². The Morgan fingerprint density at radius 2 is 1.96 bits per heavy atom. The maximum Gasteiger partial charge on any atom is 0.349 e. The molecular weight excluding hydrogens is 370 g/mol. The van der Waals surface area contributed by atoms with Crippen molar-refractivity contribution in [3.63, 3.8) is 0 Å². The standard InChI is InChI=1S/C20H16ClNO5/c1-13-8-16(6-7-18(13)21)26-12-19(23)27-17-5-3-4-14(10-17)9-15(11-22)20(24)25-2/h3-10H,12H2,1-2H3/b15-9+. The quantitative estimate of drug-likeness (QED) is 0.326. The van der Waals surface area contributed by atoms with E-state index in [-0.39, 0.29) is 17.9 Å². The molecule has 0 spiro atoms. The molecule has 0 saturated carbocycles. The molecular formula is C20H16ClNO5. The lowest BCUT2D eigenvalue weighted by molar-refractivity contribution is -0.137. The highest BCUT2D eigenvalue weighted by molar-refractivity contribution is 6.31. The molecule has 0 unspecified atom stereocenters. The van der Waals surface area contributed by atoms with E-state index in [0.29, 0.717) is 16.3 Å². The van der Waals surface area contributed by atoms with Gasteiger partial charge in [-0.15, -0.1) is 0 Å². The number of carbonyl (C=O) groups excluding carboxylic acids is 2. The third-order valence-corrected chi connectivity index (χ3v) is 3.84. The summed E-state index contributed by atoms with van der Waals surface area (Å²) < 4.78 is 15.1. The molecule has 0 radical (unpaired) electrons. The van der Waals surface area contributed by atoms with Gasteiger partial charge in [0.1, 0.15) is 23.1 Å². The maximum absolute atomic E-state index is 12.0. The van der Waals surface area contributed by atoms with Gasteiger partial charge in [0.15, 0.2) is 6.61 Å². The van der Waals surface area contributed by atoms with Gasteiger partial charge in [0, 0.05) is 5.02 Å². The number of esters is 2. The van der Waals surface area contributed by atoms with Crippen LogP contribution in [0, 0.1) is 18.3 Å². The summed E-state index contributed by atoms with van der Waals surface area (Å²) in [5, 5.41) is 9.60. The first-order valence-electron chi connectivity index (χ1n) is 7.82. The number of rotatable bonds is 6. The summed E-state index contributed by atoms with van der Waals surface area (Å²) in [6.07, 6.45) is 1.34. The summed E-state index contributed by atoms with van der Waals surface area (Å²) in [6, 6.07) is 13.2. The van der Waals surface area contributed by atoms with Crippen molar-refractivity contribution in [3.05, 3.63) is 64.2 Å². The van der Waals surface area contributed by atoms with Crippen LogP contribution < -0.4 is 9.47 Å². The molecule has 0 aromatic heterocycles. The van der Waals surface area contributed by atoms with Crippen LogP contribution >= 0.6 is 11.6 Å². The average molecular weight is 386 g/mol. The van der Waals surface area contributed by atoms with E-state index in [1.165, 1.54) is 19.3 Å². The largest absolute Gasteiger partial charge is 0.482 e. The summed E-state index contributed by atoms with van der Waals surface area (Å²) in [7, 11) is 1.19. The number of hydrogen-bond donors (Lipinski definition) is 0. The first kappa shape index (κ1) is 20.0. The predicted molar refractivity (Wildman–Crippen MR) is 99.4 cm³/mol. The number of carbonyl (C=O) groups is 2. The van der Waals surface area contributed by atoms with Gasteiger partial charge in [-0.3, -0.25) is 0 Å².